The van der Waals surface area contributed by atoms with Gasteiger partial charge in [0.1, 0.15) is 0 Å². The second-order valence-electron chi connectivity index (χ2n) is 3.63. The standard InChI is InChI=1S/C12H14ClNO3/c1-2-8(12(16)17)7-14-11(15)9-5-3-4-6-10(9)13/h3-6,8H,2,7H2,1H3,(H,14,15)(H,16,17). The summed E-state index contributed by atoms with van der Waals surface area (Å²) in [7, 11) is 0. The summed E-state index contributed by atoms with van der Waals surface area (Å²) in [6, 6.07) is 6.64. The molecule has 0 fully saturated rings. The number of carbonyl (C=O) groups excluding carboxylic acids is 1. The van der Waals surface area contributed by atoms with Crippen molar-refractivity contribution in [3.05, 3.63) is 34.9 Å². The number of amides is 1. The van der Waals surface area contributed by atoms with E-state index in [4.69, 9.17) is 16.7 Å². The first-order chi connectivity index (χ1) is 8.06. The van der Waals surface area contributed by atoms with Crippen LogP contribution in [0.2, 0.25) is 5.02 Å². The third kappa shape index (κ3) is 3.75. The summed E-state index contributed by atoms with van der Waals surface area (Å²) in [4.78, 5) is 22.5. The zero-order valence-corrected chi connectivity index (χ0v) is 10.2. The maximum atomic E-state index is 11.7. The molecule has 4 nitrogen and oxygen atoms in total. The Balaban J connectivity index is 2.62. The molecule has 1 unspecified atom stereocenters. The van der Waals surface area contributed by atoms with Gasteiger partial charge in [0.25, 0.3) is 5.91 Å². The highest BCUT2D eigenvalue weighted by Crippen LogP contribution is 2.14. The van der Waals surface area contributed by atoms with E-state index < -0.39 is 11.9 Å². The smallest absolute Gasteiger partial charge is 0.308 e. The number of halogens is 1. The summed E-state index contributed by atoms with van der Waals surface area (Å²) in [5.41, 5.74) is 0.356. The summed E-state index contributed by atoms with van der Waals surface area (Å²) >= 11 is 5.85. The molecule has 5 heteroatoms. The van der Waals surface area contributed by atoms with E-state index in [1.807, 2.05) is 0 Å². The predicted octanol–water partition coefficient (Wildman–Crippen LogP) is 2.18. The summed E-state index contributed by atoms with van der Waals surface area (Å²) < 4.78 is 0. The van der Waals surface area contributed by atoms with Crippen LogP contribution in [0.1, 0.15) is 23.7 Å². The van der Waals surface area contributed by atoms with Gasteiger partial charge in [0.05, 0.1) is 16.5 Å². The fourth-order valence-electron chi connectivity index (χ4n) is 1.36. The Hall–Kier alpha value is -1.55. The van der Waals surface area contributed by atoms with E-state index in [-0.39, 0.29) is 12.5 Å². The van der Waals surface area contributed by atoms with Crippen LogP contribution in [0, 0.1) is 5.92 Å². The van der Waals surface area contributed by atoms with Crippen molar-refractivity contribution in [2.75, 3.05) is 6.54 Å². The fourth-order valence-corrected chi connectivity index (χ4v) is 1.58. The van der Waals surface area contributed by atoms with Crippen LogP contribution in [0.5, 0.6) is 0 Å². The molecule has 0 saturated heterocycles. The molecule has 1 atom stereocenters. The SMILES string of the molecule is CCC(CNC(=O)c1ccccc1Cl)C(=O)O. The van der Waals surface area contributed by atoms with Gasteiger partial charge in [-0.2, -0.15) is 0 Å². The lowest BCUT2D eigenvalue weighted by molar-refractivity contribution is -0.141. The van der Waals surface area contributed by atoms with Crippen LogP contribution in [0.15, 0.2) is 24.3 Å². The Morgan fingerprint density at radius 2 is 2.06 bits per heavy atom. The molecule has 0 radical (unpaired) electrons. The Morgan fingerprint density at radius 3 is 2.59 bits per heavy atom. The number of nitrogens with one attached hydrogen (secondary N) is 1. The Morgan fingerprint density at radius 1 is 1.41 bits per heavy atom. The van der Waals surface area contributed by atoms with Crippen molar-refractivity contribution in [1.82, 2.24) is 5.32 Å². The molecule has 0 aliphatic rings. The van der Waals surface area contributed by atoms with Gasteiger partial charge in [-0.1, -0.05) is 30.7 Å². The largest absolute Gasteiger partial charge is 0.481 e. The van der Waals surface area contributed by atoms with Crippen molar-refractivity contribution in [3.8, 4) is 0 Å². The molecule has 0 aliphatic heterocycles. The second kappa shape index (κ2) is 6.25. The van der Waals surface area contributed by atoms with E-state index in [1.54, 1.807) is 31.2 Å². The topological polar surface area (TPSA) is 66.4 Å². The number of aliphatic carboxylic acids is 1. The second-order valence-corrected chi connectivity index (χ2v) is 4.04. The lowest BCUT2D eigenvalue weighted by atomic mass is 10.1. The zero-order valence-electron chi connectivity index (χ0n) is 9.44. The number of benzene rings is 1. The first kappa shape index (κ1) is 13.5. The van der Waals surface area contributed by atoms with Gasteiger partial charge in [0, 0.05) is 6.54 Å². The van der Waals surface area contributed by atoms with E-state index in [2.05, 4.69) is 5.32 Å². The highest BCUT2D eigenvalue weighted by molar-refractivity contribution is 6.33. The molecule has 1 amide bonds. The number of carboxylic acid groups (broad SMARTS) is 1. The third-order valence-electron chi connectivity index (χ3n) is 2.47. The van der Waals surface area contributed by atoms with E-state index in [0.29, 0.717) is 17.0 Å². The fraction of sp³-hybridized carbons (Fsp3) is 0.333. The molecule has 2 N–H and O–H groups in total. The molecular formula is C12H14ClNO3. The third-order valence-corrected chi connectivity index (χ3v) is 2.80. The molecule has 0 spiro atoms. The zero-order chi connectivity index (χ0) is 12.8. The lowest BCUT2D eigenvalue weighted by Crippen LogP contribution is -2.32. The normalized spacial score (nSPS) is 11.9. The number of rotatable bonds is 5. The number of carboxylic acids is 1. The Labute approximate surface area is 105 Å². The van der Waals surface area contributed by atoms with Gasteiger partial charge in [0.15, 0.2) is 0 Å². The van der Waals surface area contributed by atoms with Crippen LogP contribution in [-0.2, 0) is 4.79 Å². The van der Waals surface area contributed by atoms with Crippen molar-refractivity contribution in [3.63, 3.8) is 0 Å². The Bertz CT molecular complexity index is 420. The predicted molar refractivity (Wildman–Crippen MR) is 65.2 cm³/mol. The van der Waals surface area contributed by atoms with Gasteiger partial charge in [0.2, 0.25) is 0 Å². The van der Waals surface area contributed by atoms with Crippen molar-refractivity contribution < 1.29 is 14.7 Å². The number of carbonyl (C=O) groups is 2. The van der Waals surface area contributed by atoms with Crippen LogP contribution in [0.25, 0.3) is 0 Å². The van der Waals surface area contributed by atoms with Crippen molar-refractivity contribution in [1.29, 1.82) is 0 Å². The minimum Gasteiger partial charge on any atom is -0.481 e. The average molecular weight is 256 g/mol. The van der Waals surface area contributed by atoms with Crippen LogP contribution in [0.4, 0.5) is 0 Å². The summed E-state index contributed by atoms with van der Waals surface area (Å²) in [6.45, 7) is 1.87. The summed E-state index contributed by atoms with van der Waals surface area (Å²) in [5, 5.41) is 11.8. The molecule has 0 aliphatic carbocycles. The first-order valence-corrected chi connectivity index (χ1v) is 5.69. The molecule has 0 aromatic heterocycles. The van der Waals surface area contributed by atoms with Crippen LogP contribution >= 0.6 is 11.6 Å². The van der Waals surface area contributed by atoms with Crippen LogP contribution in [-0.4, -0.2) is 23.5 Å². The van der Waals surface area contributed by atoms with Gasteiger partial charge in [-0.15, -0.1) is 0 Å². The highest BCUT2D eigenvalue weighted by atomic mass is 35.5. The molecule has 92 valence electrons. The molecule has 1 rings (SSSR count). The highest BCUT2D eigenvalue weighted by Gasteiger charge is 2.17. The molecular weight excluding hydrogens is 242 g/mol. The van der Waals surface area contributed by atoms with Crippen molar-refractivity contribution in [2.24, 2.45) is 5.92 Å². The first-order valence-electron chi connectivity index (χ1n) is 5.31. The van der Waals surface area contributed by atoms with Crippen LogP contribution in [0.3, 0.4) is 0 Å². The Kier molecular flexibility index (Phi) is 4.97. The molecule has 0 saturated carbocycles. The average Bonchev–Trinajstić information content (AvgIpc) is 2.29. The molecule has 17 heavy (non-hydrogen) atoms. The monoisotopic (exact) mass is 255 g/mol. The summed E-state index contributed by atoms with van der Waals surface area (Å²) in [5.74, 6) is -1.83. The van der Waals surface area contributed by atoms with Crippen molar-refractivity contribution in [2.45, 2.75) is 13.3 Å². The van der Waals surface area contributed by atoms with Gasteiger partial charge in [-0.05, 0) is 18.6 Å². The van der Waals surface area contributed by atoms with E-state index in [9.17, 15) is 9.59 Å². The maximum absolute atomic E-state index is 11.7. The van der Waals surface area contributed by atoms with E-state index in [1.165, 1.54) is 0 Å². The van der Waals surface area contributed by atoms with Gasteiger partial charge >= 0.3 is 5.97 Å². The molecule has 0 bridgehead atoms. The summed E-state index contributed by atoms with van der Waals surface area (Å²) in [6.07, 6.45) is 0.470. The van der Waals surface area contributed by atoms with Gasteiger partial charge in [-0.25, -0.2) is 0 Å². The quantitative estimate of drug-likeness (QED) is 0.848. The van der Waals surface area contributed by atoms with E-state index in [0.717, 1.165) is 0 Å². The molecule has 1 aromatic rings. The minimum atomic E-state index is -0.910. The van der Waals surface area contributed by atoms with Gasteiger partial charge in [-0.3, -0.25) is 9.59 Å². The minimum absolute atomic E-state index is 0.107. The maximum Gasteiger partial charge on any atom is 0.308 e. The van der Waals surface area contributed by atoms with Crippen molar-refractivity contribution >= 4 is 23.5 Å². The lowest BCUT2D eigenvalue weighted by Gasteiger charge is -2.11. The van der Waals surface area contributed by atoms with Gasteiger partial charge < -0.3 is 10.4 Å². The molecule has 0 heterocycles. The van der Waals surface area contributed by atoms with Crippen LogP contribution < -0.4 is 5.32 Å². The number of hydrogen-bond acceptors (Lipinski definition) is 2. The van der Waals surface area contributed by atoms with E-state index >= 15 is 0 Å². The molecule has 1 aromatic carbocycles. The number of hydrogen-bond donors (Lipinski definition) is 2.